The smallest absolute Gasteiger partial charge is 0.0713 e. The molecule has 0 aliphatic carbocycles. The summed E-state index contributed by atoms with van der Waals surface area (Å²) in [4.78, 5) is 7.93. The van der Waals surface area contributed by atoms with Crippen LogP contribution >= 0.6 is 0 Å². The fraction of sp³-hybridized carbons (Fsp3) is 0.469. The van der Waals surface area contributed by atoms with Gasteiger partial charge in [0.2, 0.25) is 0 Å². The molecule has 1 atom stereocenters. The minimum absolute atomic E-state index is 0.516. The van der Waals surface area contributed by atoms with E-state index in [9.17, 15) is 0 Å². The average molecular weight is 455 g/mol. The highest BCUT2D eigenvalue weighted by atomic mass is 15.2. The van der Waals surface area contributed by atoms with Crippen molar-refractivity contribution in [1.82, 2.24) is 9.88 Å². The van der Waals surface area contributed by atoms with Crippen LogP contribution in [0.5, 0.6) is 0 Å². The molecule has 3 aromatic rings. The number of unbranched alkanes of at least 4 members (excludes halogenated alkanes) is 2. The molecule has 0 saturated heterocycles. The number of nitrogens with zero attached hydrogens (tertiary/aromatic N) is 2. The summed E-state index contributed by atoms with van der Waals surface area (Å²) in [5.74, 6) is 0. The van der Waals surface area contributed by atoms with E-state index in [2.05, 4.69) is 88.0 Å². The number of pyridine rings is 1. The summed E-state index contributed by atoms with van der Waals surface area (Å²) >= 11 is 0. The first-order chi connectivity index (χ1) is 16.6. The van der Waals surface area contributed by atoms with Crippen molar-refractivity contribution < 1.29 is 0 Å². The van der Waals surface area contributed by atoms with Gasteiger partial charge in [-0.2, -0.15) is 0 Å². The van der Waals surface area contributed by atoms with E-state index in [0.29, 0.717) is 6.04 Å². The summed E-state index contributed by atoms with van der Waals surface area (Å²) in [7, 11) is 0. The van der Waals surface area contributed by atoms with Gasteiger partial charge in [-0.1, -0.05) is 82.5 Å². The lowest BCUT2D eigenvalue weighted by Crippen LogP contribution is -2.35. The molecule has 0 saturated carbocycles. The molecule has 1 aliphatic rings. The summed E-state index contributed by atoms with van der Waals surface area (Å²) in [6, 6.07) is 18.7. The zero-order valence-electron chi connectivity index (χ0n) is 22.0. The van der Waals surface area contributed by atoms with Crippen LogP contribution in [-0.4, -0.2) is 16.4 Å². The van der Waals surface area contributed by atoms with E-state index in [1.54, 1.807) is 11.1 Å². The van der Waals surface area contributed by atoms with Gasteiger partial charge in [-0.25, -0.2) is 0 Å². The Morgan fingerprint density at radius 2 is 1.65 bits per heavy atom. The van der Waals surface area contributed by atoms with Gasteiger partial charge in [0, 0.05) is 30.4 Å². The second-order valence-electron chi connectivity index (χ2n) is 9.98. The zero-order chi connectivity index (χ0) is 24.1. The molecule has 1 aliphatic heterocycles. The quantitative estimate of drug-likeness (QED) is 0.303. The Morgan fingerprint density at radius 3 is 2.32 bits per heavy atom. The molecule has 0 radical (unpaired) electrons. The van der Waals surface area contributed by atoms with E-state index in [1.165, 1.54) is 59.2 Å². The Kier molecular flexibility index (Phi) is 8.21. The van der Waals surface area contributed by atoms with Crippen LogP contribution in [-0.2, 0) is 25.8 Å². The number of rotatable bonds is 9. The number of hydrogen-bond acceptors (Lipinski definition) is 2. The molecule has 2 heterocycles. The second-order valence-corrected chi connectivity index (χ2v) is 9.98. The van der Waals surface area contributed by atoms with Crippen LogP contribution in [0.1, 0.15) is 91.6 Å². The number of aromatic nitrogens is 1. The third-order valence-electron chi connectivity index (χ3n) is 7.77. The highest BCUT2D eigenvalue weighted by Crippen LogP contribution is 2.36. The third-order valence-corrected chi connectivity index (χ3v) is 7.77. The van der Waals surface area contributed by atoms with Crippen molar-refractivity contribution in [2.45, 2.75) is 92.2 Å². The monoisotopic (exact) mass is 454 g/mol. The van der Waals surface area contributed by atoms with E-state index in [4.69, 9.17) is 4.98 Å². The van der Waals surface area contributed by atoms with E-state index >= 15 is 0 Å². The number of aryl methyl sites for hydroxylation is 4. The zero-order valence-corrected chi connectivity index (χ0v) is 22.0. The Labute approximate surface area is 207 Å². The topological polar surface area (TPSA) is 16.1 Å². The molecule has 0 fully saturated rings. The Morgan fingerprint density at radius 1 is 0.912 bits per heavy atom. The maximum atomic E-state index is 5.21. The summed E-state index contributed by atoms with van der Waals surface area (Å²) in [5, 5.41) is 0. The number of fused-ring (bicyclic) bond motifs is 1. The van der Waals surface area contributed by atoms with Gasteiger partial charge in [0.05, 0.1) is 5.69 Å². The molecule has 0 amide bonds. The van der Waals surface area contributed by atoms with Crippen LogP contribution < -0.4 is 0 Å². The van der Waals surface area contributed by atoms with Gasteiger partial charge in [0.1, 0.15) is 0 Å². The molecule has 2 aromatic carbocycles. The first-order valence-electron chi connectivity index (χ1n) is 13.5. The molecule has 0 bridgehead atoms. The molecule has 180 valence electrons. The summed E-state index contributed by atoms with van der Waals surface area (Å²) < 4.78 is 0. The molecule has 1 aromatic heterocycles. The lowest BCUT2D eigenvalue weighted by atomic mass is 9.88. The highest BCUT2D eigenvalue weighted by Gasteiger charge is 2.27. The highest BCUT2D eigenvalue weighted by molar-refractivity contribution is 5.69. The predicted octanol–water partition coefficient (Wildman–Crippen LogP) is 8.17. The van der Waals surface area contributed by atoms with Crippen molar-refractivity contribution in [2.75, 3.05) is 6.54 Å². The van der Waals surface area contributed by atoms with Gasteiger partial charge in [0.15, 0.2) is 0 Å². The molecular weight excluding hydrogens is 412 g/mol. The van der Waals surface area contributed by atoms with E-state index in [0.717, 1.165) is 38.0 Å². The number of benzene rings is 2. The molecule has 4 rings (SSSR count). The first-order valence-corrected chi connectivity index (χ1v) is 13.5. The van der Waals surface area contributed by atoms with E-state index in [1.807, 2.05) is 0 Å². The largest absolute Gasteiger partial charge is 0.292 e. The van der Waals surface area contributed by atoms with E-state index < -0.39 is 0 Å². The minimum Gasteiger partial charge on any atom is -0.292 e. The normalized spacial score (nSPS) is 16.0. The Balaban J connectivity index is 1.66. The minimum atomic E-state index is 0.516. The lowest BCUT2D eigenvalue weighted by Gasteiger charge is -2.38. The molecule has 2 nitrogen and oxygen atoms in total. The van der Waals surface area contributed by atoms with Crippen LogP contribution in [0.15, 0.2) is 48.5 Å². The van der Waals surface area contributed by atoms with Gasteiger partial charge >= 0.3 is 0 Å². The molecular formula is C32H42N2. The maximum Gasteiger partial charge on any atom is 0.0713 e. The molecule has 34 heavy (non-hydrogen) atoms. The molecule has 1 unspecified atom stereocenters. The van der Waals surface area contributed by atoms with Crippen molar-refractivity contribution in [3.63, 3.8) is 0 Å². The number of hydrogen-bond donors (Lipinski definition) is 0. The van der Waals surface area contributed by atoms with Crippen LogP contribution in [0, 0.1) is 13.8 Å². The molecule has 2 heteroatoms. The lowest BCUT2D eigenvalue weighted by molar-refractivity contribution is 0.163. The van der Waals surface area contributed by atoms with Crippen LogP contribution in [0.2, 0.25) is 0 Å². The van der Waals surface area contributed by atoms with Gasteiger partial charge in [-0.15, -0.1) is 0 Å². The molecule has 0 spiro atoms. The fourth-order valence-electron chi connectivity index (χ4n) is 5.82. The summed E-state index contributed by atoms with van der Waals surface area (Å²) in [6.45, 7) is 13.4. The van der Waals surface area contributed by atoms with E-state index in [-0.39, 0.29) is 0 Å². The van der Waals surface area contributed by atoms with Crippen molar-refractivity contribution in [1.29, 1.82) is 0 Å². The van der Waals surface area contributed by atoms with Gasteiger partial charge in [-0.05, 0) is 79.0 Å². The van der Waals surface area contributed by atoms with Gasteiger partial charge in [-0.3, -0.25) is 9.88 Å². The Bertz CT molecular complexity index is 1070. The third kappa shape index (κ3) is 5.13. The molecule has 0 N–H and O–H groups in total. The average Bonchev–Trinajstić information content (AvgIpc) is 2.86. The fourth-order valence-corrected chi connectivity index (χ4v) is 5.82. The van der Waals surface area contributed by atoms with Crippen molar-refractivity contribution in [2.24, 2.45) is 0 Å². The SMILES string of the molecule is CCCCCC1c2ccccc2CCN1Cc1c(C)cc(-c2c(CC)cccc2CC)nc1C. The predicted molar refractivity (Wildman–Crippen MR) is 145 cm³/mol. The van der Waals surface area contributed by atoms with Crippen LogP contribution in [0.25, 0.3) is 11.3 Å². The van der Waals surface area contributed by atoms with Crippen molar-refractivity contribution >= 4 is 0 Å². The second kappa shape index (κ2) is 11.3. The first kappa shape index (κ1) is 24.7. The summed E-state index contributed by atoms with van der Waals surface area (Å²) in [5.41, 5.74) is 12.4. The standard InChI is InChI=1S/C32H42N2/c1-6-9-10-18-31-28-17-12-11-14-27(28)19-20-34(31)22-29-23(4)21-30(33-24(29)5)32-25(7-2)15-13-16-26(32)8-3/h11-17,21,31H,6-10,18-20,22H2,1-5H3. The van der Waals surface area contributed by atoms with Crippen LogP contribution in [0.4, 0.5) is 0 Å². The van der Waals surface area contributed by atoms with Gasteiger partial charge in [0.25, 0.3) is 0 Å². The van der Waals surface area contributed by atoms with Crippen LogP contribution in [0.3, 0.4) is 0 Å². The Hall–Kier alpha value is -2.45. The maximum absolute atomic E-state index is 5.21. The summed E-state index contributed by atoms with van der Waals surface area (Å²) in [6.07, 6.45) is 8.36. The van der Waals surface area contributed by atoms with Crippen molar-refractivity contribution in [3.8, 4) is 11.3 Å². The van der Waals surface area contributed by atoms with Gasteiger partial charge < -0.3 is 0 Å². The van der Waals surface area contributed by atoms with Crippen molar-refractivity contribution in [3.05, 3.63) is 87.6 Å².